The Morgan fingerprint density at radius 3 is 2.24 bits per heavy atom. The zero-order valence-electron chi connectivity index (χ0n) is 21.3. The first-order valence-electron chi connectivity index (χ1n) is 12.2. The van der Waals surface area contributed by atoms with E-state index in [1.54, 1.807) is 10.9 Å². The minimum atomic E-state index is -0.513. The van der Waals surface area contributed by atoms with Crippen molar-refractivity contribution in [3.05, 3.63) is 118 Å². The zero-order valence-corrected chi connectivity index (χ0v) is 21.3. The van der Waals surface area contributed by atoms with E-state index >= 15 is 0 Å². The van der Waals surface area contributed by atoms with Crippen molar-refractivity contribution < 1.29 is 9.59 Å². The van der Waals surface area contributed by atoms with Gasteiger partial charge in [-0.1, -0.05) is 65.7 Å². The number of aryl methyl sites for hydroxylation is 3. The molecule has 0 bridgehead atoms. The van der Waals surface area contributed by atoms with E-state index < -0.39 is 6.04 Å². The van der Waals surface area contributed by atoms with E-state index in [2.05, 4.69) is 21.0 Å². The maximum Gasteiger partial charge on any atom is 0.261 e. The summed E-state index contributed by atoms with van der Waals surface area (Å²) in [5.41, 5.74) is 7.18. The number of anilines is 3. The van der Waals surface area contributed by atoms with Crippen molar-refractivity contribution in [2.24, 2.45) is 0 Å². The van der Waals surface area contributed by atoms with Gasteiger partial charge in [-0.2, -0.15) is 5.10 Å². The molecule has 0 radical (unpaired) electrons. The number of nitrogens with zero attached hydrogens (tertiary/aromatic N) is 2. The fraction of sp³-hybridized carbons (Fsp3) is 0.167. The van der Waals surface area contributed by atoms with Crippen molar-refractivity contribution in [1.29, 1.82) is 0 Å². The summed E-state index contributed by atoms with van der Waals surface area (Å²) in [4.78, 5) is 26.9. The van der Waals surface area contributed by atoms with Gasteiger partial charge in [0.15, 0.2) is 0 Å². The lowest BCUT2D eigenvalue weighted by Crippen LogP contribution is -2.32. The van der Waals surface area contributed by atoms with E-state index in [1.165, 1.54) is 0 Å². The summed E-state index contributed by atoms with van der Waals surface area (Å²) in [6.45, 7) is 7.87. The van der Waals surface area contributed by atoms with Crippen molar-refractivity contribution >= 4 is 29.0 Å². The maximum atomic E-state index is 13.7. The summed E-state index contributed by atoms with van der Waals surface area (Å²) >= 11 is 0. The van der Waals surface area contributed by atoms with Crippen LogP contribution < -0.4 is 16.0 Å². The van der Waals surface area contributed by atoms with E-state index in [0.29, 0.717) is 28.3 Å². The molecule has 7 heteroatoms. The first-order valence-corrected chi connectivity index (χ1v) is 12.2. The number of fused-ring (bicyclic) bond motifs is 1. The number of hydrogen-bond acceptors (Lipinski definition) is 4. The monoisotopic (exact) mass is 491 g/mol. The minimum Gasteiger partial charge on any atom is -0.343 e. The van der Waals surface area contributed by atoms with Gasteiger partial charge in [0.05, 0.1) is 11.8 Å². The molecule has 4 aromatic rings. The van der Waals surface area contributed by atoms with Crippen LogP contribution in [0, 0.1) is 20.8 Å². The Morgan fingerprint density at radius 1 is 0.838 bits per heavy atom. The third-order valence-electron chi connectivity index (χ3n) is 6.57. The largest absolute Gasteiger partial charge is 0.343 e. The lowest BCUT2D eigenvalue weighted by Gasteiger charge is -2.30. The average Bonchev–Trinajstić information content (AvgIpc) is 3.29. The Hall–Kier alpha value is -4.65. The van der Waals surface area contributed by atoms with E-state index in [4.69, 9.17) is 0 Å². The molecule has 1 atom stereocenters. The van der Waals surface area contributed by atoms with Gasteiger partial charge in [-0.3, -0.25) is 9.59 Å². The van der Waals surface area contributed by atoms with Crippen molar-refractivity contribution in [1.82, 2.24) is 9.78 Å². The van der Waals surface area contributed by atoms with Gasteiger partial charge in [0.2, 0.25) is 0 Å². The van der Waals surface area contributed by atoms with Crippen LogP contribution in [0.3, 0.4) is 0 Å². The number of benzene rings is 3. The average molecular weight is 492 g/mol. The summed E-state index contributed by atoms with van der Waals surface area (Å²) in [6, 6.07) is 22.7. The third-order valence-corrected chi connectivity index (χ3v) is 6.57. The van der Waals surface area contributed by atoms with Gasteiger partial charge in [0.25, 0.3) is 11.8 Å². The molecule has 1 aromatic heterocycles. The summed E-state index contributed by atoms with van der Waals surface area (Å²) in [5, 5.41) is 13.9. The Kier molecular flexibility index (Phi) is 6.36. The summed E-state index contributed by atoms with van der Waals surface area (Å²) in [6.07, 6.45) is 1.54. The number of carbonyl (C=O) groups is 2. The van der Waals surface area contributed by atoms with Crippen LogP contribution in [0.5, 0.6) is 0 Å². The van der Waals surface area contributed by atoms with Crippen LogP contribution in [-0.4, -0.2) is 21.6 Å². The molecule has 1 aliphatic heterocycles. The second-order valence-corrected chi connectivity index (χ2v) is 9.42. The van der Waals surface area contributed by atoms with Crippen LogP contribution in [-0.2, 0) is 4.79 Å². The highest BCUT2D eigenvalue weighted by molar-refractivity contribution is 6.09. The molecule has 2 amide bonds. The van der Waals surface area contributed by atoms with Crippen molar-refractivity contribution in [2.75, 3.05) is 16.0 Å². The van der Waals surface area contributed by atoms with Crippen LogP contribution >= 0.6 is 0 Å². The Labute approximate surface area is 216 Å². The molecule has 3 N–H and O–H groups in total. The fourth-order valence-electron chi connectivity index (χ4n) is 4.64. The van der Waals surface area contributed by atoms with Gasteiger partial charge in [-0.15, -0.1) is 0 Å². The van der Waals surface area contributed by atoms with Gasteiger partial charge in [-0.05, 0) is 57.0 Å². The molecule has 2 heterocycles. The second-order valence-electron chi connectivity index (χ2n) is 9.42. The van der Waals surface area contributed by atoms with E-state index in [-0.39, 0.29) is 11.8 Å². The summed E-state index contributed by atoms with van der Waals surface area (Å²) < 4.78 is 1.72. The lowest BCUT2D eigenvalue weighted by atomic mass is 9.93. The number of rotatable bonds is 5. The number of aromatic nitrogens is 2. The molecule has 0 fully saturated rings. The highest BCUT2D eigenvalue weighted by Crippen LogP contribution is 2.38. The summed E-state index contributed by atoms with van der Waals surface area (Å²) in [5.74, 6) is 0.0390. The number of para-hydroxylation sites is 1. The van der Waals surface area contributed by atoms with Crippen LogP contribution in [0.25, 0.3) is 0 Å². The maximum absolute atomic E-state index is 13.7. The highest BCUT2D eigenvalue weighted by atomic mass is 16.2. The molecule has 7 nitrogen and oxygen atoms in total. The smallest absolute Gasteiger partial charge is 0.261 e. The molecule has 0 saturated heterocycles. The van der Waals surface area contributed by atoms with Gasteiger partial charge < -0.3 is 16.0 Å². The normalized spacial score (nSPS) is 14.5. The Balaban J connectivity index is 1.55. The lowest BCUT2D eigenvalue weighted by molar-refractivity contribution is -0.113. The third kappa shape index (κ3) is 4.76. The molecular weight excluding hydrogens is 462 g/mol. The van der Waals surface area contributed by atoms with Gasteiger partial charge in [-0.25, -0.2) is 4.68 Å². The van der Waals surface area contributed by atoms with Crippen LogP contribution in [0.1, 0.15) is 45.6 Å². The molecule has 0 aliphatic carbocycles. The second kappa shape index (κ2) is 9.78. The number of carbonyl (C=O) groups excluding carboxylic acids is 2. The number of hydrogen-bond donors (Lipinski definition) is 3. The standard InChI is InChI=1S/C30H29N5O2/c1-18-10-13-22(14-11-18)27-26(30(37)34-25-15-12-19(2)16-20(25)3)21(4)32-28-24(17-31-35(27)28)29(36)33-23-8-6-5-7-9-23/h5-17,27,32H,1-4H3,(H,33,36)(H,34,37). The van der Waals surface area contributed by atoms with Gasteiger partial charge in [0.1, 0.15) is 17.4 Å². The topological polar surface area (TPSA) is 88.0 Å². The van der Waals surface area contributed by atoms with Crippen molar-refractivity contribution in [3.8, 4) is 0 Å². The fourth-order valence-corrected chi connectivity index (χ4v) is 4.64. The quantitative estimate of drug-likeness (QED) is 0.320. The summed E-state index contributed by atoms with van der Waals surface area (Å²) in [7, 11) is 0. The molecule has 3 aromatic carbocycles. The zero-order chi connectivity index (χ0) is 26.1. The number of amides is 2. The predicted molar refractivity (Wildman–Crippen MR) is 147 cm³/mol. The molecule has 0 spiro atoms. The minimum absolute atomic E-state index is 0.223. The molecular formula is C30H29N5O2. The molecule has 1 unspecified atom stereocenters. The van der Waals surface area contributed by atoms with Crippen molar-refractivity contribution in [2.45, 2.75) is 33.7 Å². The van der Waals surface area contributed by atoms with Crippen LogP contribution in [0.4, 0.5) is 17.2 Å². The number of nitrogens with one attached hydrogen (secondary N) is 3. The van der Waals surface area contributed by atoms with E-state index in [0.717, 1.165) is 27.9 Å². The SMILES string of the molecule is CC1=C(C(=O)Nc2ccc(C)cc2C)C(c2ccc(C)cc2)n2ncc(C(=O)Nc3ccccc3)c2N1. The first kappa shape index (κ1) is 24.1. The Morgan fingerprint density at radius 2 is 1.54 bits per heavy atom. The number of allylic oxidation sites excluding steroid dienone is 1. The molecule has 186 valence electrons. The molecule has 0 saturated carbocycles. The van der Waals surface area contributed by atoms with Gasteiger partial charge >= 0.3 is 0 Å². The van der Waals surface area contributed by atoms with Gasteiger partial charge in [0, 0.05) is 17.1 Å². The van der Waals surface area contributed by atoms with Crippen LogP contribution in [0.2, 0.25) is 0 Å². The highest BCUT2D eigenvalue weighted by Gasteiger charge is 2.35. The molecule has 5 rings (SSSR count). The van der Waals surface area contributed by atoms with Crippen LogP contribution in [0.15, 0.2) is 90.3 Å². The Bertz CT molecular complexity index is 1520. The first-order chi connectivity index (χ1) is 17.8. The van der Waals surface area contributed by atoms with E-state index in [9.17, 15) is 9.59 Å². The van der Waals surface area contributed by atoms with Crippen molar-refractivity contribution in [3.63, 3.8) is 0 Å². The van der Waals surface area contributed by atoms with E-state index in [1.807, 2.05) is 100 Å². The molecule has 1 aliphatic rings. The molecule has 37 heavy (non-hydrogen) atoms. The predicted octanol–water partition coefficient (Wildman–Crippen LogP) is 5.99.